The summed E-state index contributed by atoms with van der Waals surface area (Å²) in [5.41, 5.74) is -4.51. The number of hydrogen-bond donors (Lipinski definition) is 3. The Balaban J connectivity index is 2.18. The molecule has 0 bridgehead atoms. The van der Waals surface area contributed by atoms with Gasteiger partial charge in [-0.3, -0.25) is 0 Å². The highest BCUT2D eigenvalue weighted by Crippen LogP contribution is 2.60. The average Bonchev–Trinajstić information content (AvgIpc) is 2.93. The van der Waals surface area contributed by atoms with E-state index in [4.69, 9.17) is 0 Å². The molecule has 2 rings (SSSR count). The third kappa shape index (κ3) is 5.65. The molecule has 0 aromatic rings. The molecule has 3 N–H and O–H groups in total. The van der Waals surface area contributed by atoms with Crippen molar-refractivity contribution >= 4 is 0 Å². The predicted molar refractivity (Wildman–Crippen MR) is 121 cm³/mol. The summed E-state index contributed by atoms with van der Waals surface area (Å²) < 4.78 is 77.3. The van der Waals surface area contributed by atoms with E-state index in [2.05, 4.69) is 6.58 Å². The Labute approximate surface area is 202 Å². The molecule has 3 nitrogen and oxygen atoms in total. The van der Waals surface area contributed by atoms with E-state index in [1.807, 2.05) is 44.9 Å². The third-order valence-corrected chi connectivity index (χ3v) is 8.37. The van der Waals surface area contributed by atoms with Gasteiger partial charge in [-0.1, -0.05) is 58.4 Å². The van der Waals surface area contributed by atoms with Crippen LogP contribution in [-0.4, -0.2) is 45.5 Å². The number of alkyl halides is 6. The molecule has 0 radical (unpaired) electrons. The molecule has 0 aromatic heterocycles. The van der Waals surface area contributed by atoms with Gasteiger partial charge in [0, 0.05) is 12.8 Å². The standard InChI is InChI=1S/C26H34F6O3/c1-16(8-7-12-24(35,25(27,28)29)26(30,31)32)23(5)13-11-19(22(23,3)4)10-6-9-18-14-20(33)15-21(34)17(18)2/h6,9-10,16,19-21,33-35H,2,8,11,13-15H2,1,3-5H3/b10-6+,18-9-/t16-,19+,20+,21-,23+/m0/s1. The number of allylic oxidation sites excluding steroid dienone is 3. The quantitative estimate of drug-likeness (QED) is 0.329. The summed E-state index contributed by atoms with van der Waals surface area (Å²) >= 11 is 0. The summed E-state index contributed by atoms with van der Waals surface area (Å²) in [6, 6.07) is 0. The number of hydrogen-bond acceptors (Lipinski definition) is 3. The van der Waals surface area contributed by atoms with Gasteiger partial charge in [-0.15, -0.1) is 0 Å². The maximum atomic E-state index is 12.9. The Morgan fingerprint density at radius 2 is 1.69 bits per heavy atom. The third-order valence-electron chi connectivity index (χ3n) is 8.37. The molecule has 5 atom stereocenters. The van der Waals surface area contributed by atoms with Crippen LogP contribution in [0.25, 0.3) is 0 Å². The molecule has 198 valence electrons. The van der Waals surface area contributed by atoms with Crippen LogP contribution in [-0.2, 0) is 0 Å². The van der Waals surface area contributed by atoms with Gasteiger partial charge < -0.3 is 15.3 Å². The smallest absolute Gasteiger partial charge is 0.393 e. The fraction of sp³-hybridized carbons (Fsp3) is 0.692. The van der Waals surface area contributed by atoms with Crippen molar-refractivity contribution in [3.63, 3.8) is 0 Å². The first-order valence-corrected chi connectivity index (χ1v) is 11.6. The summed E-state index contributed by atoms with van der Waals surface area (Å²) in [4.78, 5) is 0. The first kappa shape index (κ1) is 29.5. The molecule has 0 heterocycles. The van der Waals surface area contributed by atoms with Crippen molar-refractivity contribution in [3.8, 4) is 11.8 Å². The van der Waals surface area contributed by atoms with Gasteiger partial charge in [0.25, 0.3) is 0 Å². The highest BCUT2D eigenvalue weighted by molar-refractivity contribution is 5.37. The minimum Gasteiger partial charge on any atom is -0.393 e. The van der Waals surface area contributed by atoms with Crippen LogP contribution >= 0.6 is 0 Å². The van der Waals surface area contributed by atoms with Crippen LogP contribution in [0, 0.1) is 34.5 Å². The zero-order valence-corrected chi connectivity index (χ0v) is 20.4. The second kappa shape index (κ2) is 9.95. The van der Waals surface area contributed by atoms with E-state index in [-0.39, 0.29) is 30.1 Å². The molecule has 0 unspecified atom stereocenters. The van der Waals surface area contributed by atoms with Crippen molar-refractivity contribution in [2.75, 3.05) is 0 Å². The Kier molecular flexibility index (Phi) is 8.38. The molecule has 2 fully saturated rings. The Morgan fingerprint density at radius 1 is 1.11 bits per heavy atom. The Hall–Kier alpha value is -1.76. The second-order valence-electron chi connectivity index (χ2n) is 10.6. The van der Waals surface area contributed by atoms with E-state index >= 15 is 0 Å². The number of halogens is 6. The van der Waals surface area contributed by atoms with Crippen molar-refractivity contribution in [1.82, 2.24) is 0 Å². The molecule has 9 heteroatoms. The molecule has 0 aliphatic heterocycles. The summed E-state index contributed by atoms with van der Waals surface area (Å²) in [5, 5.41) is 29.1. The van der Waals surface area contributed by atoms with E-state index in [1.165, 1.54) is 0 Å². The van der Waals surface area contributed by atoms with E-state index in [9.17, 15) is 41.7 Å². The van der Waals surface area contributed by atoms with Gasteiger partial charge in [-0.2, -0.15) is 26.3 Å². The van der Waals surface area contributed by atoms with Gasteiger partial charge in [0.2, 0.25) is 0 Å². The number of aliphatic hydroxyl groups is 3. The number of aliphatic hydroxyl groups excluding tert-OH is 2. The first-order chi connectivity index (χ1) is 15.8. The lowest BCUT2D eigenvalue weighted by Gasteiger charge is -2.45. The van der Waals surface area contributed by atoms with Crippen LogP contribution in [0.2, 0.25) is 0 Å². The van der Waals surface area contributed by atoms with Crippen molar-refractivity contribution in [2.45, 2.75) is 90.0 Å². The second-order valence-corrected chi connectivity index (χ2v) is 10.6. The first-order valence-electron chi connectivity index (χ1n) is 11.6. The van der Waals surface area contributed by atoms with Crippen LogP contribution < -0.4 is 0 Å². The Morgan fingerprint density at radius 3 is 2.23 bits per heavy atom. The molecular formula is C26H34F6O3. The van der Waals surface area contributed by atoms with Crippen molar-refractivity contribution in [1.29, 1.82) is 0 Å². The molecule has 2 aliphatic carbocycles. The van der Waals surface area contributed by atoms with Crippen LogP contribution in [0.3, 0.4) is 0 Å². The largest absolute Gasteiger partial charge is 0.438 e. The minimum atomic E-state index is -5.96. The summed E-state index contributed by atoms with van der Waals surface area (Å²) in [5.74, 6) is 2.76. The van der Waals surface area contributed by atoms with Crippen molar-refractivity contribution in [3.05, 3.63) is 36.0 Å². The van der Waals surface area contributed by atoms with Crippen molar-refractivity contribution in [2.24, 2.45) is 22.7 Å². The monoisotopic (exact) mass is 508 g/mol. The molecule has 2 saturated carbocycles. The summed E-state index contributed by atoms with van der Waals surface area (Å²) in [7, 11) is 0. The molecule has 0 saturated heterocycles. The lowest BCUT2D eigenvalue weighted by Crippen LogP contribution is -2.55. The topological polar surface area (TPSA) is 60.7 Å². The summed E-state index contributed by atoms with van der Waals surface area (Å²) in [6.45, 7) is 11.6. The highest BCUT2D eigenvalue weighted by Gasteiger charge is 2.70. The van der Waals surface area contributed by atoms with Crippen LogP contribution in [0.1, 0.15) is 59.8 Å². The van der Waals surface area contributed by atoms with Crippen molar-refractivity contribution < 1.29 is 41.7 Å². The van der Waals surface area contributed by atoms with E-state index in [0.717, 1.165) is 17.9 Å². The normalized spacial score (nSPS) is 32.1. The highest BCUT2D eigenvalue weighted by atomic mass is 19.4. The van der Waals surface area contributed by atoms with Gasteiger partial charge in [-0.05, 0) is 59.0 Å². The van der Waals surface area contributed by atoms with Gasteiger partial charge in [-0.25, -0.2) is 0 Å². The van der Waals surface area contributed by atoms with Gasteiger partial charge in [0.1, 0.15) is 0 Å². The van der Waals surface area contributed by atoms with E-state index < -0.39 is 35.6 Å². The maximum Gasteiger partial charge on any atom is 0.438 e. The van der Waals surface area contributed by atoms with Gasteiger partial charge in [0.15, 0.2) is 0 Å². The molecule has 2 aliphatic rings. The van der Waals surface area contributed by atoms with Crippen LogP contribution in [0.5, 0.6) is 0 Å². The maximum absolute atomic E-state index is 12.9. The lowest BCUT2D eigenvalue weighted by atomic mass is 9.59. The number of rotatable bonds is 4. The molecular weight excluding hydrogens is 474 g/mol. The SMILES string of the molecule is C=C1/C(=C\C=C\[C@@H]2CC[C@](C)([C@@H](C)CC#CC(O)(C(F)(F)F)C(F)(F)F)C2(C)C)C[C@@H](O)C[C@@H]1O. The minimum absolute atomic E-state index is 0.0775. The zero-order chi connectivity index (χ0) is 27.0. The molecule has 35 heavy (non-hydrogen) atoms. The summed E-state index contributed by atoms with van der Waals surface area (Å²) in [6.07, 6.45) is -5.82. The fourth-order valence-corrected chi connectivity index (χ4v) is 5.20. The van der Waals surface area contributed by atoms with Gasteiger partial charge in [0.05, 0.1) is 12.2 Å². The Bertz CT molecular complexity index is 904. The zero-order valence-electron chi connectivity index (χ0n) is 20.4. The lowest BCUT2D eigenvalue weighted by molar-refractivity contribution is -0.343. The molecule has 0 aromatic carbocycles. The predicted octanol–water partition coefficient (Wildman–Crippen LogP) is 5.87. The van der Waals surface area contributed by atoms with E-state index in [0.29, 0.717) is 18.4 Å². The average molecular weight is 509 g/mol. The van der Waals surface area contributed by atoms with Gasteiger partial charge >= 0.3 is 18.0 Å². The molecule has 0 amide bonds. The molecule has 0 spiro atoms. The van der Waals surface area contributed by atoms with E-state index in [1.54, 1.807) is 6.92 Å². The fourth-order valence-electron chi connectivity index (χ4n) is 5.20. The van der Waals surface area contributed by atoms with Crippen LogP contribution in [0.4, 0.5) is 26.3 Å². The van der Waals surface area contributed by atoms with Crippen LogP contribution in [0.15, 0.2) is 36.0 Å².